The average molecular weight is 344 g/mol. The van der Waals surface area contributed by atoms with Crippen LogP contribution in [0.2, 0.25) is 5.02 Å². The summed E-state index contributed by atoms with van der Waals surface area (Å²) in [4.78, 5) is 10.9. The zero-order chi connectivity index (χ0) is 17.1. The van der Waals surface area contributed by atoms with Gasteiger partial charge in [-0.25, -0.2) is 9.48 Å². The zero-order valence-corrected chi connectivity index (χ0v) is 13.5. The summed E-state index contributed by atoms with van der Waals surface area (Å²) in [6, 6.07) is 14.2. The van der Waals surface area contributed by atoms with Crippen LogP contribution in [0.4, 0.5) is 10.5 Å². The van der Waals surface area contributed by atoms with Gasteiger partial charge in [-0.2, -0.15) is 0 Å². The molecule has 3 rings (SSSR count). The number of hydrogen-bond acceptors (Lipinski definition) is 3. The summed E-state index contributed by atoms with van der Waals surface area (Å²) in [5.41, 5.74) is 1.99. The number of hydrogen-bond donors (Lipinski definition) is 2. The van der Waals surface area contributed by atoms with Crippen molar-refractivity contribution in [1.29, 1.82) is 0 Å². The van der Waals surface area contributed by atoms with Crippen LogP contribution in [0.25, 0.3) is 5.69 Å². The van der Waals surface area contributed by atoms with Crippen LogP contribution in [-0.4, -0.2) is 21.0 Å². The second kappa shape index (κ2) is 6.64. The number of amides is 1. The predicted octanol–water partition coefficient (Wildman–Crippen LogP) is 4.72. The van der Waals surface area contributed by atoms with Crippen LogP contribution in [0.5, 0.6) is 11.6 Å². The zero-order valence-electron chi connectivity index (χ0n) is 12.7. The van der Waals surface area contributed by atoms with Crippen molar-refractivity contribution in [2.75, 3.05) is 5.32 Å². The van der Waals surface area contributed by atoms with Gasteiger partial charge in [0, 0.05) is 17.3 Å². The average Bonchev–Trinajstić information content (AvgIpc) is 3.00. The van der Waals surface area contributed by atoms with Gasteiger partial charge in [0.25, 0.3) is 0 Å². The Morgan fingerprint density at radius 1 is 1.21 bits per heavy atom. The molecule has 3 aromatic rings. The summed E-state index contributed by atoms with van der Waals surface area (Å²) >= 11 is 5.88. The van der Waals surface area contributed by atoms with E-state index in [0.717, 1.165) is 11.3 Å². The highest BCUT2D eigenvalue weighted by molar-refractivity contribution is 6.30. The number of anilines is 1. The van der Waals surface area contributed by atoms with E-state index in [0.29, 0.717) is 22.3 Å². The number of nitrogens with zero attached hydrogens (tertiary/aromatic N) is 2. The number of para-hydroxylation sites is 1. The molecule has 0 spiro atoms. The Kier molecular flexibility index (Phi) is 4.39. The van der Waals surface area contributed by atoms with E-state index in [2.05, 4.69) is 10.4 Å². The number of halogens is 1. The lowest BCUT2D eigenvalue weighted by Gasteiger charge is -2.11. The lowest BCUT2D eigenvalue weighted by atomic mass is 10.2. The molecule has 0 atom stereocenters. The first-order valence-corrected chi connectivity index (χ1v) is 7.50. The normalized spacial score (nSPS) is 10.4. The fourth-order valence-corrected chi connectivity index (χ4v) is 2.33. The van der Waals surface area contributed by atoms with E-state index in [1.165, 1.54) is 0 Å². The summed E-state index contributed by atoms with van der Waals surface area (Å²) in [7, 11) is 0. The highest BCUT2D eigenvalue weighted by Gasteiger charge is 2.12. The molecule has 6 nitrogen and oxygen atoms in total. The standard InChI is InChI=1S/C17H14ClN3O3/c1-11-3-2-4-14(16(11)19-17(22)23)24-15-9-10-21(20-15)13-7-5-12(18)6-8-13/h2-10,19H,1H3,(H,22,23). The van der Waals surface area contributed by atoms with Crippen molar-refractivity contribution >= 4 is 23.4 Å². The van der Waals surface area contributed by atoms with E-state index in [1.54, 1.807) is 54.2 Å². The smallest absolute Gasteiger partial charge is 0.409 e. The van der Waals surface area contributed by atoms with Gasteiger partial charge in [-0.15, -0.1) is 5.10 Å². The number of rotatable bonds is 4. The number of aromatic nitrogens is 2. The molecule has 0 unspecified atom stereocenters. The third-order valence-electron chi connectivity index (χ3n) is 3.34. The maximum absolute atomic E-state index is 10.9. The molecule has 0 aliphatic rings. The molecule has 0 saturated carbocycles. The van der Waals surface area contributed by atoms with Crippen molar-refractivity contribution < 1.29 is 14.6 Å². The molecule has 1 heterocycles. The topological polar surface area (TPSA) is 76.4 Å². The first-order chi connectivity index (χ1) is 11.5. The highest BCUT2D eigenvalue weighted by Crippen LogP contribution is 2.31. The molecule has 122 valence electrons. The first-order valence-electron chi connectivity index (χ1n) is 7.12. The summed E-state index contributed by atoms with van der Waals surface area (Å²) in [6.45, 7) is 1.80. The summed E-state index contributed by atoms with van der Waals surface area (Å²) in [5.74, 6) is 0.739. The van der Waals surface area contributed by atoms with E-state index in [4.69, 9.17) is 21.4 Å². The van der Waals surface area contributed by atoms with Gasteiger partial charge in [-0.1, -0.05) is 23.7 Å². The van der Waals surface area contributed by atoms with Gasteiger partial charge >= 0.3 is 6.09 Å². The fourth-order valence-electron chi connectivity index (χ4n) is 2.20. The van der Waals surface area contributed by atoms with Crippen LogP contribution in [0.3, 0.4) is 0 Å². The summed E-state index contributed by atoms with van der Waals surface area (Å²) in [6.07, 6.45) is 0.597. The minimum Gasteiger partial charge on any atom is -0.465 e. The van der Waals surface area contributed by atoms with E-state index in [9.17, 15) is 4.79 Å². The monoisotopic (exact) mass is 343 g/mol. The second-order valence-corrected chi connectivity index (χ2v) is 5.49. The van der Waals surface area contributed by atoms with E-state index in [1.807, 2.05) is 12.1 Å². The summed E-state index contributed by atoms with van der Waals surface area (Å²) in [5, 5.41) is 16.3. The van der Waals surface area contributed by atoms with Gasteiger partial charge in [0.2, 0.25) is 5.88 Å². The van der Waals surface area contributed by atoms with Gasteiger partial charge in [-0.3, -0.25) is 5.32 Å². The Balaban J connectivity index is 1.86. The lowest BCUT2D eigenvalue weighted by Crippen LogP contribution is -2.09. The number of aryl methyl sites for hydroxylation is 1. The molecule has 24 heavy (non-hydrogen) atoms. The first kappa shape index (κ1) is 15.9. The van der Waals surface area contributed by atoms with Gasteiger partial charge in [-0.05, 0) is 42.8 Å². The molecule has 0 saturated heterocycles. The van der Waals surface area contributed by atoms with Crippen molar-refractivity contribution in [2.45, 2.75) is 6.92 Å². The highest BCUT2D eigenvalue weighted by atomic mass is 35.5. The van der Waals surface area contributed by atoms with Gasteiger partial charge in [0.1, 0.15) is 0 Å². The van der Waals surface area contributed by atoms with Crippen LogP contribution >= 0.6 is 11.6 Å². The van der Waals surface area contributed by atoms with Crippen molar-refractivity contribution in [3.63, 3.8) is 0 Å². The number of ether oxygens (including phenoxy) is 1. The van der Waals surface area contributed by atoms with Gasteiger partial charge in [0.05, 0.1) is 11.4 Å². The minimum atomic E-state index is -1.15. The number of carbonyl (C=O) groups is 1. The maximum Gasteiger partial charge on any atom is 0.409 e. The predicted molar refractivity (Wildman–Crippen MR) is 91.5 cm³/mol. The quantitative estimate of drug-likeness (QED) is 0.718. The van der Waals surface area contributed by atoms with Crippen molar-refractivity contribution in [3.05, 3.63) is 65.3 Å². The number of nitrogens with one attached hydrogen (secondary N) is 1. The fraction of sp³-hybridized carbons (Fsp3) is 0.0588. The second-order valence-electron chi connectivity index (χ2n) is 5.06. The molecule has 1 amide bonds. The summed E-state index contributed by atoms with van der Waals surface area (Å²) < 4.78 is 7.38. The van der Waals surface area contributed by atoms with E-state index >= 15 is 0 Å². The molecule has 2 N–H and O–H groups in total. The molecule has 0 fully saturated rings. The Hall–Kier alpha value is -2.99. The van der Waals surface area contributed by atoms with Crippen LogP contribution in [-0.2, 0) is 0 Å². The van der Waals surface area contributed by atoms with Crippen LogP contribution in [0.15, 0.2) is 54.7 Å². The number of carboxylic acid groups (broad SMARTS) is 1. The molecular formula is C17H14ClN3O3. The largest absolute Gasteiger partial charge is 0.465 e. The van der Waals surface area contributed by atoms with Crippen molar-refractivity contribution in [3.8, 4) is 17.3 Å². The molecule has 2 aromatic carbocycles. The Labute approximate surface area is 143 Å². The lowest BCUT2D eigenvalue weighted by molar-refractivity contribution is 0.209. The van der Waals surface area contributed by atoms with Crippen LogP contribution in [0.1, 0.15) is 5.56 Å². The maximum atomic E-state index is 10.9. The van der Waals surface area contributed by atoms with Gasteiger partial charge in [0.15, 0.2) is 5.75 Å². The third kappa shape index (κ3) is 3.49. The molecule has 1 aromatic heterocycles. The van der Waals surface area contributed by atoms with E-state index in [-0.39, 0.29) is 0 Å². The molecule has 7 heteroatoms. The Bertz CT molecular complexity index is 875. The van der Waals surface area contributed by atoms with Crippen LogP contribution in [0, 0.1) is 6.92 Å². The third-order valence-corrected chi connectivity index (χ3v) is 3.59. The molecular weight excluding hydrogens is 330 g/mol. The van der Waals surface area contributed by atoms with Crippen molar-refractivity contribution in [2.24, 2.45) is 0 Å². The molecule has 0 aliphatic heterocycles. The van der Waals surface area contributed by atoms with Crippen molar-refractivity contribution in [1.82, 2.24) is 9.78 Å². The van der Waals surface area contributed by atoms with Gasteiger partial charge < -0.3 is 9.84 Å². The Morgan fingerprint density at radius 3 is 2.67 bits per heavy atom. The molecule has 0 radical (unpaired) electrons. The molecule has 0 aliphatic carbocycles. The number of benzene rings is 2. The Morgan fingerprint density at radius 2 is 1.96 bits per heavy atom. The van der Waals surface area contributed by atoms with Crippen LogP contribution < -0.4 is 10.1 Å². The van der Waals surface area contributed by atoms with E-state index < -0.39 is 6.09 Å². The minimum absolute atomic E-state index is 0.351. The molecule has 0 bridgehead atoms. The SMILES string of the molecule is Cc1cccc(Oc2ccn(-c3ccc(Cl)cc3)n2)c1NC(=O)O.